The molecule has 0 bridgehead atoms. The van der Waals surface area contributed by atoms with Crippen LogP contribution >= 0.6 is 0 Å². The molecule has 6 heteroatoms. The first-order valence-corrected chi connectivity index (χ1v) is 6.79. The first-order chi connectivity index (χ1) is 9.38. The second-order valence-corrected chi connectivity index (χ2v) is 5.35. The van der Waals surface area contributed by atoms with Gasteiger partial charge in [-0.1, -0.05) is 0 Å². The minimum Gasteiger partial charge on any atom is -0.393 e. The predicted octanol–water partition coefficient (Wildman–Crippen LogP) is 2.69. The van der Waals surface area contributed by atoms with Crippen molar-refractivity contribution < 1.29 is 18.3 Å². The van der Waals surface area contributed by atoms with Crippen LogP contribution in [0.1, 0.15) is 31.0 Å². The Morgan fingerprint density at radius 1 is 1.40 bits per heavy atom. The SMILES string of the molecule is CC(O)C1CCN(Cc2ncccc2C(F)(F)F)CC1. The van der Waals surface area contributed by atoms with Gasteiger partial charge in [-0.3, -0.25) is 9.88 Å². The number of pyridine rings is 1. The molecule has 0 amide bonds. The molecule has 0 aliphatic carbocycles. The van der Waals surface area contributed by atoms with Gasteiger partial charge in [-0.2, -0.15) is 13.2 Å². The third-order valence-electron chi connectivity index (χ3n) is 3.88. The highest BCUT2D eigenvalue weighted by molar-refractivity contribution is 5.22. The van der Waals surface area contributed by atoms with E-state index < -0.39 is 11.7 Å². The molecule has 2 heterocycles. The summed E-state index contributed by atoms with van der Waals surface area (Å²) < 4.78 is 38.6. The third kappa shape index (κ3) is 3.70. The van der Waals surface area contributed by atoms with Crippen LogP contribution in [0.3, 0.4) is 0 Å². The fourth-order valence-corrected chi connectivity index (χ4v) is 2.63. The zero-order chi connectivity index (χ0) is 14.8. The zero-order valence-electron chi connectivity index (χ0n) is 11.4. The molecule has 1 aromatic heterocycles. The molecule has 0 aromatic carbocycles. The van der Waals surface area contributed by atoms with Gasteiger partial charge in [0.1, 0.15) is 0 Å². The van der Waals surface area contributed by atoms with E-state index in [1.54, 1.807) is 6.92 Å². The first-order valence-electron chi connectivity index (χ1n) is 6.79. The van der Waals surface area contributed by atoms with Gasteiger partial charge < -0.3 is 5.11 Å². The Morgan fingerprint density at radius 2 is 2.05 bits per heavy atom. The number of halogens is 3. The summed E-state index contributed by atoms with van der Waals surface area (Å²) in [6.45, 7) is 3.37. The van der Waals surface area contributed by atoms with Crippen LogP contribution in [0.25, 0.3) is 0 Å². The Kier molecular flexibility index (Phi) is 4.65. The summed E-state index contributed by atoms with van der Waals surface area (Å²) in [7, 11) is 0. The normalized spacial score (nSPS) is 20.1. The van der Waals surface area contributed by atoms with Gasteiger partial charge in [-0.05, 0) is 50.9 Å². The summed E-state index contributed by atoms with van der Waals surface area (Å²) in [5, 5.41) is 9.52. The van der Waals surface area contributed by atoms with Gasteiger partial charge in [0.05, 0.1) is 17.4 Å². The number of aliphatic hydroxyl groups excluding tert-OH is 1. The monoisotopic (exact) mass is 288 g/mol. The van der Waals surface area contributed by atoms with E-state index in [2.05, 4.69) is 4.98 Å². The van der Waals surface area contributed by atoms with Crippen LogP contribution in [-0.2, 0) is 12.7 Å². The maximum Gasteiger partial charge on any atom is 0.418 e. The average Bonchev–Trinajstić information content (AvgIpc) is 2.38. The highest BCUT2D eigenvalue weighted by Gasteiger charge is 2.34. The van der Waals surface area contributed by atoms with Crippen molar-refractivity contribution in [1.82, 2.24) is 9.88 Å². The van der Waals surface area contributed by atoms with Crippen LogP contribution < -0.4 is 0 Å². The molecule has 1 saturated heterocycles. The van der Waals surface area contributed by atoms with Crippen molar-refractivity contribution in [2.24, 2.45) is 5.92 Å². The van der Waals surface area contributed by atoms with E-state index in [9.17, 15) is 18.3 Å². The Balaban J connectivity index is 2.02. The quantitative estimate of drug-likeness (QED) is 0.929. The van der Waals surface area contributed by atoms with E-state index >= 15 is 0 Å². The molecule has 3 nitrogen and oxygen atoms in total. The number of hydrogen-bond acceptors (Lipinski definition) is 3. The largest absolute Gasteiger partial charge is 0.418 e. The standard InChI is InChI=1S/C14H19F3N2O/c1-10(20)11-4-7-19(8-5-11)9-13-12(14(15,16)17)3-2-6-18-13/h2-3,6,10-11,20H,4-5,7-9H2,1H3. The van der Waals surface area contributed by atoms with Crippen molar-refractivity contribution in [2.75, 3.05) is 13.1 Å². The topological polar surface area (TPSA) is 36.4 Å². The van der Waals surface area contributed by atoms with Crippen LogP contribution in [0.2, 0.25) is 0 Å². The maximum atomic E-state index is 12.9. The van der Waals surface area contributed by atoms with Gasteiger partial charge in [0.25, 0.3) is 0 Å². The van der Waals surface area contributed by atoms with Gasteiger partial charge in [0, 0.05) is 12.7 Å². The molecular weight excluding hydrogens is 269 g/mol. The lowest BCUT2D eigenvalue weighted by atomic mass is 9.92. The van der Waals surface area contributed by atoms with Crippen LogP contribution in [0.4, 0.5) is 13.2 Å². The summed E-state index contributed by atoms with van der Waals surface area (Å²) in [6, 6.07) is 2.39. The van der Waals surface area contributed by atoms with Crippen LogP contribution in [0.5, 0.6) is 0 Å². The number of hydrogen-bond donors (Lipinski definition) is 1. The maximum absolute atomic E-state index is 12.9. The molecular formula is C14H19F3N2O. The molecule has 1 aromatic rings. The fraction of sp³-hybridized carbons (Fsp3) is 0.643. The molecule has 112 valence electrons. The second-order valence-electron chi connectivity index (χ2n) is 5.35. The molecule has 1 aliphatic rings. The van der Waals surface area contributed by atoms with E-state index in [1.807, 2.05) is 4.90 Å². The summed E-state index contributed by atoms with van der Waals surface area (Å²) >= 11 is 0. The lowest BCUT2D eigenvalue weighted by molar-refractivity contribution is -0.138. The van der Waals surface area contributed by atoms with E-state index in [1.165, 1.54) is 12.3 Å². The highest BCUT2D eigenvalue weighted by Crippen LogP contribution is 2.32. The number of piperidine rings is 1. The van der Waals surface area contributed by atoms with Gasteiger partial charge in [0.15, 0.2) is 0 Å². The van der Waals surface area contributed by atoms with Crippen molar-refractivity contribution in [3.63, 3.8) is 0 Å². The summed E-state index contributed by atoms with van der Waals surface area (Å²) in [5.41, 5.74) is -0.576. The highest BCUT2D eigenvalue weighted by atomic mass is 19.4. The lowest BCUT2D eigenvalue weighted by Gasteiger charge is -2.33. The molecule has 1 unspecified atom stereocenters. The Labute approximate surface area is 116 Å². The van der Waals surface area contributed by atoms with Crippen molar-refractivity contribution in [3.05, 3.63) is 29.6 Å². The van der Waals surface area contributed by atoms with E-state index in [4.69, 9.17) is 0 Å². The molecule has 1 atom stereocenters. The molecule has 2 rings (SSSR count). The second kappa shape index (κ2) is 6.10. The number of rotatable bonds is 3. The van der Waals surface area contributed by atoms with Crippen molar-refractivity contribution in [1.29, 1.82) is 0 Å². The van der Waals surface area contributed by atoms with Crippen molar-refractivity contribution in [3.8, 4) is 0 Å². The Bertz CT molecular complexity index is 440. The number of aromatic nitrogens is 1. The minimum absolute atomic E-state index is 0.0792. The van der Waals surface area contributed by atoms with Gasteiger partial charge in [-0.25, -0.2) is 0 Å². The molecule has 20 heavy (non-hydrogen) atoms. The number of aliphatic hydroxyl groups is 1. The van der Waals surface area contributed by atoms with Crippen molar-refractivity contribution in [2.45, 2.75) is 38.6 Å². The Hall–Kier alpha value is -1.14. The van der Waals surface area contributed by atoms with Crippen LogP contribution in [0, 0.1) is 5.92 Å². The van der Waals surface area contributed by atoms with Crippen LogP contribution in [-0.4, -0.2) is 34.2 Å². The van der Waals surface area contributed by atoms with Gasteiger partial charge in [-0.15, -0.1) is 0 Å². The van der Waals surface area contributed by atoms with E-state index in [-0.39, 0.29) is 24.3 Å². The van der Waals surface area contributed by atoms with Gasteiger partial charge in [0.2, 0.25) is 0 Å². The summed E-state index contributed by atoms with van der Waals surface area (Å²) in [4.78, 5) is 5.85. The fourth-order valence-electron chi connectivity index (χ4n) is 2.63. The zero-order valence-corrected chi connectivity index (χ0v) is 11.4. The molecule has 1 N–H and O–H groups in total. The summed E-state index contributed by atoms with van der Waals surface area (Å²) in [6.07, 6.45) is -1.69. The third-order valence-corrected chi connectivity index (χ3v) is 3.88. The number of nitrogens with zero attached hydrogens (tertiary/aromatic N) is 2. The van der Waals surface area contributed by atoms with Gasteiger partial charge >= 0.3 is 6.18 Å². The number of likely N-dealkylation sites (tertiary alicyclic amines) is 1. The number of alkyl halides is 3. The molecule has 0 spiro atoms. The molecule has 0 saturated carbocycles. The molecule has 1 aliphatic heterocycles. The minimum atomic E-state index is -4.36. The van der Waals surface area contributed by atoms with Crippen LogP contribution in [0.15, 0.2) is 18.3 Å². The average molecular weight is 288 g/mol. The first kappa shape index (κ1) is 15.3. The van der Waals surface area contributed by atoms with E-state index in [0.717, 1.165) is 18.9 Å². The lowest BCUT2D eigenvalue weighted by Crippen LogP contribution is -2.37. The van der Waals surface area contributed by atoms with E-state index in [0.29, 0.717) is 13.1 Å². The summed E-state index contributed by atoms with van der Waals surface area (Å²) in [5.74, 6) is 0.247. The smallest absolute Gasteiger partial charge is 0.393 e. The van der Waals surface area contributed by atoms with Crippen molar-refractivity contribution >= 4 is 0 Å². The molecule has 1 fully saturated rings. The predicted molar refractivity (Wildman–Crippen MR) is 68.9 cm³/mol. The molecule has 0 radical (unpaired) electrons. The Morgan fingerprint density at radius 3 is 2.60 bits per heavy atom.